The van der Waals surface area contributed by atoms with E-state index in [2.05, 4.69) is 9.97 Å². The second-order valence-electron chi connectivity index (χ2n) is 4.77. The molecule has 3 rings (SSSR count). The quantitative estimate of drug-likeness (QED) is 0.497. The molecule has 0 spiro atoms. The predicted molar refractivity (Wildman–Crippen MR) is 71.2 cm³/mol. The van der Waals surface area contributed by atoms with Gasteiger partial charge in [-0.15, -0.1) is 0 Å². The zero-order valence-corrected chi connectivity index (χ0v) is 10.8. The van der Waals surface area contributed by atoms with Crippen molar-refractivity contribution in [3.05, 3.63) is 28.8 Å². The first-order valence-corrected chi connectivity index (χ1v) is 6.28. The number of rotatable bonds is 2. The van der Waals surface area contributed by atoms with Crippen LogP contribution in [0, 0.1) is 0 Å². The standard InChI is InChI=1S/C12H14N4O5/c13-10-5-1-2-7(18)16(11(5)15-4-14-10)12-9(20)8(19)6(3-17)21-12/h1-2,4,6,8-9,12,17,19-20H,3H2,(H2,13,14,15)/t6-,8-,9-,12-/m1/s1. The van der Waals surface area contributed by atoms with Crippen molar-refractivity contribution in [3.63, 3.8) is 0 Å². The van der Waals surface area contributed by atoms with E-state index in [-0.39, 0.29) is 11.5 Å². The molecule has 1 aliphatic rings. The van der Waals surface area contributed by atoms with Gasteiger partial charge < -0.3 is 25.8 Å². The van der Waals surface area contributed by atoms with Crippen LogP contribution >= 0.6 is 0 Å². The monoisotopic (exact) mass is 294 g/mol. The van der Waals surface area contributed by atoms with Crippen LogP contribution < -0.4 is 11.3 Å². The van der Waals surface area contributed by atoms with Gasteiger partial charge in [0, 0.05) is 6.07 Å². The topological polar surface area (TPSA) is 144 Å². The Hall–Kier alpha value is -2.07. The Kier molecular flexibility index (Phi) is 3.33. The summed E-state index contributed by atoms with van der Waals surface area (Å²) in [5, 5.41) is 29.4. The largest absolute Gasteiger partial charge is 0.394 e. The molecular weight excluding hydrogens is 280 g/mol. The van der Waals surface area contributed by atoms with E-state index in [4.69, 9.17) is 15.6 Å². The number of aliphatic hydroxyl groups is 3. The molecular formula is C12H14N4O5. The molecule has 0 aromatic carbocycles. The fourth-order valence-corrected chi connectivity index (χ4v) is 2.43. The molecule has 0 aliphatic carbocycles. The number of nitrogens with two attached hydrogens (primary N) is 1. The third kappa shape index (κ3) is 2.07. The van der Waals surface area contributed by atoms with E-state index >= 15 is 0 Å². The van der Waals surface area contributed by atoms with Crippen molar-refractivity contribution in [2.45, 2.75) is 24.5 Å². The minimum absolute atomic E-state index is 0.181. The number of hydrogen-bond donors (Lipinski definition) is 4. The molecule has 0 radical (unpaired) electrons. The fraction of sp³-hybridized carbons (Fsp3) is 0.417. The van der Waals surface area contributed by atoms with Crippen LogP contribution in [0.3, 0.4) is 0 Å². The Morgan fingerprint density at radius 3 is 2.71 bits per heavy atom. The van der Waals surface area contributed by atoms with Gasteiger partial charge in [0.15, 0.2) is 11.9 Å². The van der Waals surface area contributed by atoms with Gasteiger partial charge >= 0.3 is 0 Å². The number of nitrogen functional groups attached to an aromatic ring is 1. The molecule has 1 fully saturated rings. The molecule has 9 nitrogen and oxygen atoms in total. The Labute approximate surface area is 118 Å². The summed E-state index contributed by atoms with van der Waals surface area (Å²) >= 11 is 0. The summed E-state index contributed by atoms with van der Waals surface area (Å²) in [4.78, 5) is 19.9. The van der Waals surface area contributed by atoms with Gasteiger partial charge in [-0.05, 0) is 6.07 Å². The molecule has 0 unspecified atom stereocenters. The van der Waals surface area contributed by atoms with Crippen LogP contribution in [-0.4, -0.2) is 54.8 Å². The van der Waals surface area contributed by atoms with E-state index in [1.165, 1.54) is 18.5 Å². The average molecular weight is 294 g/mol. The number of aromatic nitrogens is 3. The number of fused-ring (bicyclic) bond motifs is 1. The number of pyridine rings is 1. The number of nitrogens with zero attached hydrogens (tertiary/aromatic N) is 3. The summed E-state index contributed by atoms with van der Waals surface area (Å²) in [5.74, 6) is 0.181. The second kappa shape index (κ2) is 5.04. The maximum Gasteiger partial charge on any atom is 0.254 e. The summed E-state index contributed by atoms with van der Waals surface area (Å²) in [6.45, 7) is -0.481. The van der Waals surface area contributed by atoms with Crippen LogP contribution in [-0.2, 0) is 4.74 Å². The van der Waals surface area contributed by atoms with Gasteiger partial charge in [0.05, 0.1) is 12.0 Å². The number of aliphatic hydroxyl groups excluding tert-OH is 3. The molecule has 2 aromatic heterocycles. The SMILES string of the molecule is Nc1ncnc2c1ccc(=O)n2[C@@H]1O[C@H](CO)[C@@H](O)[C@H]1O. The molecule has 0 amide bonds. The van der Waals surface area contributed by atoms with Crippen molar-refractivity contribution >= 4 is 16.9 Å². The summed E-state index contributed by atoms with van der Waals surface area (Å²) in [7, 11) is 0. The van der Waals surface area contributed by atoms with Crippen LogP contribution in [0.4, 0.5) is 5.82 Å². The molecule has 1 aliphatic heterocycles. The molecule has 1 saturated heterocycles. The Morgan fingerprint density at radius 1 is 1.29 bits per heavy atom. The molecule has 2 aromatic rings. The molecule has 112 valence electrons. The molecule has 3 heterocycles. The maximum atomic E-state index is 12.1. The molecule has 0 saturated carbocycles. The van der Waals surface area contributed by atoms with Crippen molar-refractivity contribution in [3.8, 4) is 0 Å². The first-order chi connectivity index (χ1) is 10.0. The van der Waals surface area contributed by atoms with Crippen molar-refractivity contribution in [1.29, 1.82) is 0 Å². The number of ether oxygens (including phenoxy) is 1. The highest BCUT2D eigenvalue weighted by atomic mass is 16.6. The van der Waals surface area contributed by atoms with E-state index in [9.17, 15) is 15.0 Å². The van der Waals surface area contributed by atoms with Crippen molar-refractivity contribution in [2.24, 2.45) is 0 Å². The zero-order chi connectivity index (χ0) is 15.1. The highest BCUT2D eigenvalue weighted by Gasteiger charge is 2.44. The van der Waals surface area contributed by atoms with Crippen LogP contribution in [0.2, 0.25) is 0 Å². The van der Waals surface area contributed by atoms with Crippen LogP contribution in [0.25, 0.3) is 11.0 Å². The lowest BCUT2D eigenvalue weighted by Gasteiger charge is -2.19. The summed E-state index contributed by atoms with van der Waals surface area (Å²) in [5.41, 5.74) is 5.44. The molecule has 5 N–H and O–H groups in total. The highest BCUT2D eigenvalue weighted by molar-refractivity contribution is 5.85. The summed E-state index contributed by atoms with van der Waals surface area (Å²) in [6.07, 6.45) is -3.63. The van der Waals surface area contributed by atoms with Crippen LogP contribution in [0.15, 0.2) is 23.3 Å². The van der Waals surface area contributed by atoms with E-state index in [0.29, 0.717) is 5.39 Å². The predicted octanol–water partition coefficient (Wildman–Crippen LogP) is -2.01. The average Bonchev–Trinajstić information content (AvgIpc) is 2.75. The van der Waals surface area contributed by atoms with E-state index in [1.54, 1.807) is 0 Å². The molecule has 9 heteroatoms. The molecule has 4 atom stereocenters. The first-order valence-electron chi connectivity index (χ1n) is 6.28. The van der Waals surface area contributed by atoms with Gasteiger partial charge in [0.25, 0.3) is 5.56 Å². The third-order valence-corrected chi connectivity index (χ3v) is 3.52. The van der Waals surface area contributed by atoms with Crippen LogP contribution in [0.5, 0.6) is 0 Å². The van der Waals surface area contributed by atoms with Gasteiger partial charge in [-0.25, -0.2) is 9.97 Å². The first kappa shape index (κ1) is 13.9. The maximum absolute atomic E-state index is 12.1. The smallest absolute Gasteiger partial charge is 0.254 e. The fourth-order valence-electron chi connectivity index (χ4n) is 2.43. The Morgan fingerprint density at radius 2 is 2.05 bits per heavy atom. The number of anilines is 1. The summed E-state index contributed by atoms with van der Waals surface area (Å²) in [6, 6.07) is 2.72. The minimum Gasteiger partial charge on any atom is -0.394 e. The lowest BCUT2D eigenvalue weighted by atomic mass is 10.1. The normalized spacial score (nSPS) is 29.1. The molecule has 0 bridgehead atoms. The second-order valence-corrected chi connectivity index (χ2v) is 4.77. The summed E-state index contributed by atoms with van der Waals surface area (Å²) < 4.78 is 6.46. The highest BCUT2D eigenvalue weighted by Crippen LogP contribution is 2.30. The van der Waals surface area contributed by atoms with Gasteiger partial charge in [-0.2, -0.15) is 0 Å². The van der Waals surface area contributed by atoms with Crippen molar-refractivity contribution in [1.82, 2.24) is 14.5 Å². The third-order valence-electron chi connectivity index (χ3n) is 3.52. The minimum atomic E-state index is -1.37. The zero-order valence-electron chi connectivity index (χ0n) is 10.8. The van der Waals surface area contributed by atoms with Gasteiger partial charge in [0.2, 0.25) is 0 Å². The van der Waals surface area contributed by atoms with Crippen molar-refractivity contribution in [2.75, 3.05) is 12.3 Å². The van der Waals surface area contributed by atoms with E-state index in [1.807, 2.05) is 0 Å². The molecule has 21 heavy (non-hydrogen) atoms. The van der Waals surface area contributed by atoms with E-state index in [0.717, 1.165) is 4.57 Å². The van der Waals surface area contributed by atoms with Gasteiger partial charge in [-0.3, -0.25) is 9.36 Å². The van der Waals surface area contributed by atoms with Gasteiger partial charge in [0.1, 0.15) is 30.5 Å². The van der Waals surface area contributed by atoms with Gasteiger partial charge in [-0.1, -0.05) is 0 Å². The van der Waals surface area contributed by atoms with Crippen LogP contribution in [0.1, 0.15) is 6.23 Å². The lowest BCUT2D eigenvalue weighted by Crippen LogP contribution is -2.35. The Balaban J connectivity index is 2.19. The Bertz CT molecular complexity index is 733. The lowest BCUT2D eigenvalue weighted by molar-refractivity contribution is -0.0524. The van der Waals surface area contributed by atoms with E-state index < -0.39 is 36.7 Å². The number of hydrogen-bond acceptors (Lipinski definition) is 8. The van der Waals surface area contributed by atoms with Crippen molar-refractivity contribution < 1.29 is 20.1 Å².